The molecule has 0 bridgehead atoms. The largest absolute Gasteiger partial charge is 0.511 e. The van der Waals surface area contributed by atoms with Crippen molar-refractivity contribution in [3.8, 4) is 0 Å². The van der Waals surface area contributed by atoms with Gasteiger partial charge in [-0.3, -0.25) is 0 Å². The number of aliphatic hydroxyl groups excluding tert-OH is 1. The summed E-state index contributed by atoms with van der Waals surface area (Å²) in [6, 6.07) is 0. The van der Waals surface area contributed by atoms with Crippen molar-refractivity contribution in [2.45, 2.75) is 44.7 Å². The van der Waals surface area contributed by atoms with E-state index in [1.54, 1.807) is 6.08 Å². The van der Waals surface area contributed by atoms with Gasteiger partial charge in [0.2, 0.25) is 0 Å². The van der Waals surface area contributed by atoms with E-state index in [1.165, 1.54) is 31.3 Å². The van der Waals surface area contributed by atoms with Gasteiger partial charge in [-0.1, -0.05) is 49.1 Å². The number of ether oxygens (including phenoxy) is 1. The van der Waals surface area contributed by atoms with Crippen molar-refractivity contribution in [3.63, 3.8) is 0 Å². The van der Waals surface area contributed by atoms with Crippen LogP contribution in [0.3, 0.4) is 0 Å². The number of unbranched alkanes of at least 4 members (excludes halogenated alkanes) is 2. The fourth-order valence-corrected chi connectivity index (χ4v) is 2.85. The van der Waals surface area contributed by atoms with Crippen LogP contribution >= 0.6 is 0 Å². The molecule has 0 atom stereocenters. The summed E-state index contributed by atoms with van der Waals surface area (Å²) in [4.78, 5) is 0. The van der Waals surface area contributed by atoms with Gasteiger partial charge in [-0.15, -0.1) is 0 Å². The van der Waals surface area contributed by atoms with Crippen LogP contribution in [-0.2, 0) is 4.74 Å². The van der Waals surface area contributed by atoms with Gasteiger partial charge < -0.3 is 15.2 Å². The van der Waals surface area contributed by atoms with Gasteiger partial charge in [0.15, 0.2) is 0 Å². The molecule has 0 saturated carbocycles. The third-order valence-electron chi connectivity index (χ3n) is 4.55. The lowest BCUT2D eigenvalue weighted by molar-refractivity contribution is -0.0881. The molecule has 1 aliphatic heterocycles. The number of halogens is 3. The Morgan fingerprint density at radius 2 is 2.00 bits per heavy atom. The first-order valence-electron chi connectivity index (χ1n) is 10.1. The van der Waals surface area contributed by atoms with Crippen LogP contribution in [0.2, 0.25) is 0 Å². The highest BCUT2D eigenvalue weighted by molar-refractivity contribution is 5.32. The van der Waals surface area contributed by atoms with E-state index in [1.807, 2.05) is 12.2 Å². The molecule has 2 aliphatic rings. The van der Waals surface area contributed by atoms with E-state index in [2.05, 4.69) is 24.0 Å². The number of hydrogen-bond donors (Lipinski definition) is 2. The van der Waals surface area contributed by atoms with E-state index in [0.29, 0.717) is 24.5 Å². The summed E-state index contributed by atoms with van der Waals surface area (Å²) in [5.41, 5.74) is 0.596. The van der Waals surface area contributed by atoms with Crippen LogP contribution in [0.1, 0.15) is 38.5 Å². The van der Waals surface area contributed by atoms with Gasteiger partial charge in [-0.25, -0.2) is 0 Å². The zero-order chi connectivity index (χ0) is 22.2. The van der Waals surface area contributed by atoms with Gasteiger partial charge in [-0.2, -0.15) is 13.2 Å². The lowest BCUT2D eigenvalue weighted by Gasteiger charge is -2.16. The summed E-state index contributed by atoms with van der Waals surface area (Å²) in [5.74, 6) is 1.09. The average molecular weight is 424 g/mol. The van der Waals surface area contributed by atoms with Crippen LogP contribution < -0.4 is 5.32 Å². The van der Waals surface area contributed by atoms with Crippen LogP contribution in [0, 0.1) is 0 Å². The normalized spacial score (nSPS) is 17.3. The Balaban J connectivity index is 0.000000311. The van der Waals surface area contributed by atoms with Crippen molar-refractivity contribution in [3.05, 3.63) is 83.9 Å². The van der Waals surface area contributed by atoms with Gasteiger partial charge in [0, 0.05) is 6.42 Å². The summed E-state index contributed by atoms with van der Waals surface area (Å²) >= 11 is 0. The summed E-state index contributed by atoms with van der Waals surface area (Å²) in [5, 5.41) is 12.8. The number of methoxy groups -OCH3 is 1. The summed E-state index contributed by atoms with van der Waals surface area (Å²) in [6.07, 6.45) is 16.4. The van der Waals surface area contributed by atoms with E-state index >= 15 is 0 Å². The molecular formula is C24H32F3NO2. The second kappa shape index (κ2) is 14.5. The smallest absolute Gasteiger partial charge is 0.416 e. The van der Waals surface area contributed by atoms with E-state index < -0.39 is 11.7 Å². The highest BCUT2D eigenvalue weighted by atomic mass is 19.4. The number of nitrogens with one attached hydrogen (secondary N) is 1. The van der Waals surface area contributed by atoms with Crippen molar-refractivity contribution in [2.75, 3.05) is 20.2 Å². The molecule has 0 aromatic rings. The molecule has 2 rings (SSSR count). The molecule has 0 unspecified atom stereocenters. The number of hydrogen-bond acceptors (Lipinski definition) is 3. The first kappa shape index (κ1) is 25.6. The van der Waals surface area contributed by atoms with Crippen LogP contribution in [-0.4, -0.2) is 31.5 Å². The van der Waals surface area contributed by atoms with Crippen LogP contribution in [0.4, 0.5) is 13.2 Å². The minimum Gasteiger partial charge on any atom is -0.511 e. The van der Waals surface area contributed by atoms with Crippen LogP contribution in [0.5, 0.6) is 0 Å². The van der Waals surface area contributed by atoms with E-state index in [0.717, 1.165) is 44.4 Å². The number of allylic oxidation sites excluding steroid dienone is 10. The predicted octanol–water partition coefficient (Wildman–Crippen LogP) is 6.62. The average Bonchev–Trinajstić information content (AvgIpc) is 2.97. The fraction of sp³-hybridized carbons (Fsp3) is 0.417. The Labute approximate surface area is 177 Å². The lowest BCUT2D eigenvalue weighted by atomic mass is 10.0. The number of alkyl halides is 3. The maximum Gasteiger partial charge on any atom is 0.416 e. The predicted molar refractivity (Wildman–Crippen MR) is 117 cm³/mol. The van der Waals surface area contributed by atoms with Crippen LogP contribution in [0.15, 0.2) is 83.9 Å². The van der Waals surface area contributed by atoms with Gasteiger partial charge in [0.05, 0.1) is 25.0 Å². The molecule has 1 aliphatic carbocycles. The molecule has 1 heterocycles. The molecule has 3 nitrogen and oxygen atoms in total. The monoisotopic (exact) mass is 423 g/mol. The Bertz CT molecular complexity index is 710. The number of aliphatic hydroxyl groups is 1. The molecule has 166 valence electrons. The van der Waals surface area contributed by atoms with Crippen LogP contribution in [0.25, 0.3) is 0 Å². The number of rotatable bonds is 8. The van der Waals surface area contributed by atoms with Gasteiger partial charge in [0.25, 0.3) is 0 Å². The minimum atomic E-state index is -4.28. The quantitative estimate of drug-likeness (QED) is 0.341. The lowest BCUT2D eigenvalue weighted by Crippen LogP contribution is -2.25. The Morgan fingerprint density at radius 1 is 1.20 bits per heavy atom. The Kier molecular flexibility index (Phi) is 12.4. The molecule has 2 N–H and O–H groups in total. The zero-order valence-corrected chi connectivity index (χ0v) is 17.5. The molecule has 0 aromatic carbocycles. The highest BCUT2D eigenvalue weighted by Crippen LogP contribution is 2.28. The van der Waals surface area contributed by atoms with Gasteiger partial charge in [-0.05, 0) is 56.4 Å². The van der Waals surface area contributed by atoms with E-state index in [9.17, 15) is 18.3 Å². The summed E-state index contributed by atoms with van der Waals surface area (Å²) in [6.45, 7) is 5.27. The van der Waals surface area contributed by atoms with Crippen molar-refractivity contribution in [2.24, 2.45) is 0 Å². The summed E-state index contributed by atoms with van der Waals surface area (Å²) in [7, 11) is 1.44. The Hall–Kier alpha value is -2.47. The molecule has 30 heavy (non-hydrogen) atoms. The molecule has 0 radical (unpaired) electrons. The molecule has 0 saturated heterocycles. The maximum atomic E-state index is 12.2. The maximum absolute atomic E-state index is 12.2. The molecule has 0 fully saturated rings. The van der Waals surface area contributed by atoms with Gasteiger partial charge >= 0.3 is 6.18 Å². The topological polar surface area (TPSA) is 41.5 Å². The van der Waals surface area contributed by atoms with Crippen molar-refractivity contribution >= 4 is 0 Å². The molecule has 0 amide bonds. The molecule has 6 heteroatoms. The molecule has 0 spiro atoms. The second-order valence-electron chi connectivity index (χ2n) is 6.83. The fourth-order valence-electron chi connectivity index (χ4n) is 2.85. The van der Waals surface area contributed by atoms with Crippen molar-refractivity contribution in [1.29, 1.82) is 0 Å². The third kappa shape index (κ3) is 10.9. The third-order valence-corrected chi connectivity index (χ3v) is 4.55. The molecule has 0 aromatic heterocycles. The van der Waals surface area contributed by atoms with Crippen molar-refractivity contribution < 1.29 is 23.0 Å². The van der Waals surface area contributed by atoms with E-state index in [-0.39, 0.29) is 0 Å². The van der Waals surface area contributed by atoms with Crippen molar-refractivity contribution in [1.82, 2.24) is 5.32 Å². The zero-order valence-electron chi connectivity index (χ0n) is 17.5. The Morgan fingerprint density at radius 3 is 2.67 bits per heavy atom. The first-order chi connectivity index (χ1) is 14.4. The highest BCUT2D eigenvalue weighted by Gasteiger charge is 2.31. The second-order valence-corrected chi connectivity index (χ2v) is 6.83. The standard InChI is InChI=1S/C15H23NO.C9H9F3O/c1-2-3-4-5-6-7-8-9-10-14-11-12-16-13-15(14)17;1-13-8-4-2-3-7(5-6-8)9(10,11)12/h2-6,16-17H,1,7-13H2;2-3,5-6H,4H2,1H3/b4-3-,6-5-;. The van der Waals surface area contributed by atoms with Gasteiger partial charge in [0.1, 0.15) is 5.76 Å². The van der Waals surface area contributed by atoms with E-state index in [4.69, 9.17) is 4.74 Å². The minimum absolute atomic E-state index is 0.395. The first-order valence-corrected chi connectivity index (χ1v) is 10.1. The molecular weight excluding hydrogens is 391 g/mol. The summed E-state index contributed by atoms with van der Waals surface area (Å²) < 4.78 is 41.3. The SMILES string of the molecule is C=C/C=C\C=C/CCCCC1=C(O)CNCC1.COC1=CC=C(C(F)(F)F)C=CC1.